The van der Waals surface area contributed by atoms with Crippen LogP contribution >= 0.6 is 0 Å². The summed E-state index contributed by atoms with van der Waals surface area (Å²) >= 11 is 0. The van der Waals surface area contributed by atoms with Crippen LogP contribution in [0.1, 0.15) is 57.4 Å². The van der Waals surface area contributed by atoms with Crippen LogP contribution in [-0.2, 0) is 22.2 Å². The highest BCUT2D eigenvalue weighted by Crippen LogP contribution is 2.39. The van der Waals surface area contributed by atoms with E-state index in [0.29, 0.717) is 0 Å². The highest BCUT2D eigenvalue weighted by molar-refractivity contribution is 6.55. The van der Waals surface area contributed by atoms with E-state index in [4.69, 9.17) is 9.31 Å². The maximum atomic E-state index is 9.92. The second-order valence-corrected chi connectivity index (χ2v) is 8.56. The van der Waals surface area contributed by atoms with Gasteiger partial charge in [-0.15, -0.1) is 0 Å². The van der Waals surface area contributed by atoms with E-state index in [-0.39, 0.29) is 6.61 Å². The number of fused-ring (bicyclic) bond motifs is 3. The van der Waals surface area contributed by atoms with Crippen LogP contribution in [0.25, 0.3) is 17.0 Å². The summed E-state index contributed by atoms with van der Waals surface area (Å²) < 4.78 is 12.2. The van der Waals surface area contributed by atoms with Crippen molar-refractivity contribution >= 4 is 24.1 Å². The van der Waals surface area contributed by atoms with Crippen LogP contribution in [0.2, 0.25) is 0 Å². The highest BCUT2D eigenvalue weighted by Gasteiger charge is 2.52. The van der Waals surface area contributed by atoms with Crippen LogP contribution in [0, 0.1) is 0 Å². The molecule has 5 heteroatoms. The Hall–Kier alpha value is -1.56. The van der Waals surface area contributed by atoms with Gasteiger partial charge in [0, 0.05) is 16.6 Å². The molecule has 2 heterocycles. The number of benzene rings is 1. The molecular weight excluding hydrogens is 325 g/mol. The van der Waals surface area contributed by atoms with Crippen molar-refractivity contribution in [3.05, 3.63) is 40.5 Å². The van der Waals surface area contributed by atoms with Crippen molar-refractivity contribution in [1.29, 1.82) is 0 Å². The van der Waals surface area contributed by atoms with Gasteiger partial charge in [0.15, 0.2) is 0 Å². The minimum atomic E-state index is -0.513. The van der Waals surface area contributed by atoms with Gasteiger partial charge in [0.05, 0.1) is 17.8 Å². The summed E-state index contributed by atoms with van der Waals surface area (Å²) in [5.41, 5.74) is 5.07. The molecule has 1 aromatic carbocycles. The first-order valence-corrected chi connectivity index (χ1v) is 9.61. The zero-order chi connectivity index (χ0) is 18.5. The third-order valence-corrected chi connectivity index (χ3v) is 6.21. The number of aromatic nitrogens is 1. The molecule has 0 spiro atoms. The van der Waals surface area contributed by atoms with Gasteiger partial charge in [-0.25, -0.2) is 0 Å². The molecule has 0 amide bonds. The molecule has 138 valence electrons. The van der Waals surface area contributed by atoms with Gasteiger partial charge in [-0.3, -0.25) is 0 Å². The lowest BCUT2D eigenvalue weighted by Crippen LogP contribution is -2.41. The van der Waals surface area contributed by atoms with Gasteiger partial charge in [-0.05, 0) is 82.1 Å². The molecule has 4 nitrogen and oxygen atoms in total. The molecule has 2 aliphatic rings. The Kier molecular flexibility index (Phi) is 4.29. The lowest BCUT2D eigenvalue weighted by Gasteiger charge is -2.32. The van der Waals surface area contributed by atoms with Gasteiger partial charge >= 0.3 is 7.12 Å². The molecule has 1 saturated heterocycles. The lowest BCUT2D eigenvalue weighted by molar-refractivity contribution is 0.00578. The monoisotopic (exact) mass is 353 g/mol. The fourth-order valence-corrected chi connectivity index (χ4v) is 3.91. The van der Waals surface area contributed by atoms with Gasteiger partial charge in [-0.1, -0.05) is 12.1 Å². The number of aromatic amines is 1. The summed E-state index contributed by atoms with van der Waals surface area (Å²) in [6, 6.07) is 6.45. The molecule has 26 heavy (non-hydrogen) atoms. The van der Waals surface area contributed by atoms with E-state index in [1.165, 1.54) is 35.0 Å². The third kappa shape index (κ3) is 2.92. The number of aliphatic hydroxyl groups is 1. The van der Waals surface area contributed by atoms with Crippen molar-refractivity contribution < 1.29 is 14.4 Å². The molecule has 0 bridgehead atoms. The maximum Gasteiger partial charge on any atom is 0.492 e. The van der Waals surface area contributed by atoms with Gasteiger partial charge in [0.2, 0.25) is 0 Å². The zero-order valence-corrected chi connectivity index (χ0v) is 16.2. The van der Waals surface area contributed by atoms with Gasteiger partial charge < -0.3 is 19.4 Å². The summed E-state index contributed by atoms with van der Waals surface area (Å²) in [5, 5.41) is 11.2. The number of H-pyrrole nitrogens is 1. The van der Waals surface area contributed by atoms with Crippen LogP contribution in [0.3, 0.4) is 0 Å². The Labute approximate surface area is 155 Å². The van der Waals surface area contributed by atoms with E-state index in [0.717, 1.165) is 23.9 Å². The average molecular weight is 353 g/mol. The molecular formula is C21H28BNO3. The van der Waals surface area contributed by atoms with Gasteiger partial charge in [0.25, 0.3) is 0 Å². The zero-order valence-electron chi connectivity index (χ0n) is 16.2. The van der Waals surface area contributed by atoms with E-state index in [1.807, 2.05) is 33.8 Å². The molecule has 1 aliphatic heterocycles. The smallest absolute Gasteiger partial charge is 0.400 e. The largest absolute Gasteiger partial charge is 0.492 e. The SMILES string of the molecule is CC1(C)OB(C(=Cc2ccc3[nH]c4c(c3c2)CCCC4)CO)OC1(C)C. The van der Waals surface area contributed by atoms with Gasteiger partial charge in [-0.2, -0.15) is 0 Å². The van der Waals surface area contributed by atoms with E-state index in [2.05, 4.69) is 23.2 Å². The number of hydrogen-bond donors (Lipinski definition) is 2. The molecule has 0 atom stereocenters. The van der Waals surface area contributed by atoms with Crippen molar-refractivity contribution in [2.24, 2.45) is 0 Å². The summed E-state index contributed by atoms with van der Waals surface area (Å²) in [6.07, 6.45) is 6.82. The van der Waals surface area contributed by atoms with Crippen molar-refractivity contribution in [1.82, 2.24) is 4.98 Å². The first kappa shape index (κ1) is 17.8. The number of aliphatic hydroxyl groups excluding tert-OH is 1. The summed E-state index contributed by atoms with van der Waals surface area (Å²) in [7, 11) is -0.513. The maximum absolute atomic E-state index is 9.92. The molecule has 4 rings (SSSR count). The second kappa shape index (κ2) is 6.26. The van der Waals surface area contributed by atoms with Crippen molar-refractivity contribution in [2.45, 2.75) is 64.6 Å². The topological polar surface area (TPSA) is 54.5 Å². The molecule has 2 aromatic rings. The quantitative estimate of drug-likeness (QED) is 0.819. The van der Waals surface area contributed by atoms with E-state index < -0.39 is 18.3 Å². The number of aryl methyl sites for hydroxylation is 2. The Morgan fingerprint density at radius 2 is 1.85 bits per heavy atom. The summed E-state index contributed by atoms with van der Waals surface area (Å²) in [6.45, 7) is 8.03. The average Bonchev–Trinajstić information content (AvgIpc) is 3.06. The van der Waals surface area contributed by atoms with Crippen molar-refractivity contribution in [2.75, 3.05) is 6.61 Å². The van der Waals surface area contributed by atoms with Crippen LogP contribution in [0.15, 0.2) is 23.7 Å². The molecule has 0 saturated carbocycles. The van der Waals surface area contributed by atoms with Crippen LogP contribution in [0.4, 0.5) is 0 Å². The first-order valence-electron chi connectivity index (χ1n) is 9.61. The molecule has 0 radical (unpaired) electrons. The Balaban J connectivity index is 1.68. The molecule has 1 aliphatic carbocycles. The Bertz CT molecular complexity index is 850. The summed E-state index contributed by atoms with van der Waals surface area (Å²) in [4.78, 5) is 3.57. The molecule has 1 fully saturated rings. The standard InChI is InChI=1S/C21H28BNO3/c1-20(2)21(3,4)26-22(25-20)15(13-24)11-14-9-10-19-17(12-14)16-7-5-6-8-18(16)23-19/h9-12,23-24H,5-8,13H2,1-4H3. The number of hydrogen-bond acceptors (Lipinski definition) is 3. The van der Waals surface area contributed by atoms with Gasteiger partial charge in [0.1, 0.15) is 0 Å². The van der Waals surface area contributed by atoms with Crippen molar-refractivity contribution in [3.8, 4) is 0 Å². The molecule has 1 aromatic heterocycles. The number of rotatable bonds is 3. The summed E-state index contributed by atoms with van der Waals surface area (Å²) in [5.74, 6) is 0. The van der Waals surface area contributed by atoms with E-state index >= 15 is 0 Å². The molecule has 2 N–H and O–H groups in total. The van der Waals surface area contributed by atoms with Crippen LogP contribution in [-0.4, -0.2) is 35.0 Å². The normalized spacial score (nSPS) is 22.0. The first-order chi connectivity index (χ1) is 12.3. The number of nitrogens with one attached hydrogen (secondary N) is 1. The van der Waals surface area contributed by atoms with E-state index in [9.17, 15) is 5.11 Å². The minimum Gasteiger partial charge on any atom is -0.400 e. The second-order valence-electron chi connectivity index (χ2n) is 8.56. The fraction of sp³-hybridized carbons (Fsp3) is 0.524. The third-order valence-electron chi connectivity index (χ3n) is 6.21. The van der Waals surface area contributed by atoms with E-state index in [1.54, 1.807) is 0 Å². The minimum absolute atomic E-state index is 0.0832. The molecule has 0 unspecified atom stereocenters. The Morgan fingerprint density at radius 3 is 2.54 bits per heavy atom. The fourth-order valence-electron chi connectivity index (χ4n) is 3.91. The predicted octanol–water partition coefficient (Wildman–Crippen LogP) is 4.05. The highest BCUT2D eigenvalue weighted by atomic mass is 16.7. The Morgan fingerprint density at radius 1 is 1.15 bits per heavy atom. The van der Waals surface area contributed by atoms with Crippen LogP contribution in [0.5, 0.6) is 0 Å². The predicted molar refractivity (Wildman–Crippen MR) is 106 cm³/mol. The van der Waals surface area contributed by atoms with Crippen LogP contribution < -0.4 is 0 Å². The van der Waals surface area contributed by atoms with Crippen molar-refractivity contribution in [3.63, 3.8) is 0 Å². The lowest BCUT2D eigenvalue weighted by atomic mass is 9.77.